The van der Waals surface area contributed by atoms with Gasteiger partial charge in [0.2, 0.25) is 0 Å². The molecular weight excluding hydrogens is 112 g/mol. The average Bonchev–Trinajstić information content (AvgIpc) is 1.80. The van der Waals surface area contributed by atoms with Gasteiger partial charge in [0.05, 0.1) is 0 Å². The molecule has 0 unspecified atom stereocenters. The molecule has 1 heteroatoms. The fraction of sp³-hybridized carbons (Fsp3) is 0.625. The summed E-state index contributed by atoms with van der Waals surface area (Å²) >= 11 is 0. The summed E-state index contributed by atoms with van der Waals surface area (Å²) < 4.78 is 0. The first-order valence-corrected chi connectivity index (χ1v) is 3.41. The molecule has 1 aliphatic carbocycles. The quantitative estimate of drug-likeness (QED) is 0.482. The summed E-state index contributed by atoms with van der Waals surface area (Å²) in [6.45, 7) is 4.19. The highest BCUT2D eigenvalue weighted by molar-refractivity contribution is 5.91. The van der Waals surface area contributed by atoms with Crippen LogP contribution < -0.4 is 0 Å². The summed E-state index contributed by atoms with van der Waals surface area (Å²) in [6.07, 6.45) is 3.56. The number of carbonyl (C=O) groups is 1. The number of carbonyl (C=O) groups excluding carboxylic acids is 1. The summed E-state index contributed by atoms with van der Waals surface area (Å²) in [5.41, 5.74) is 1.24. The maximum absolute atomic E-state index is 10.7. The lowest BCUT2D eigenvalue weighted by Crippen LogP contribution is -2.08. The average molecular weight is 124 g/mol. The summed E-state index contributed by atoms with van der Waals surface area (Å²) in [6, 6.07) is 0. The molecule has 0 radical (unpaired) electrons. The Morgan fingerprint density at radius 3 is 2.78 bits per heavy atom. The van der Waals surface area contributed by atoms with Crippen LogP contribution in [0.3, 0.4) is 0 Å². The molecule has 0 saturated heterocycles. The zero-order valence-corrected chi connectivity index (χ0v) is 5.98. The third-order valence-electron chi connectivity index (χ3n) is 1.99. The van der Waals surface area contributed by atoms with E-state index in [1.807, 2.05) is 6.92 Å². The van der Waals surface area contributed by atoms with Gasteiger partial charge in [0.15, 0.2) is 5.78 Å². The van der Waals surface area contributed by atoms with E-state index in [2.05, 4.69) is 6.92 Å². The molecule has 50 valence electrons. The summed E-state index contributed by atoms with van der Waals surface area (Å²) in [7, 11) is 0. The van der Waals surface area contributed by atoms with Crippen LogP contribution in [0.1, 0.15) is 26.7 Å². The Balaban J connectivity index is 2.72. The number of ketones is 1. The van der Waals surface area contributed by atoms with E-state index in [1.165, 1.54) is 5.57 Å². The van der Waals surface area contributed by atoms with Crippen molar-refractivity contribution in [2.45, 2.75) is 26.7 Å². The van der Waals surface area contributed by atoms with Gasteiger partial charge in [0, 0.05) is 6.42 Å². The van der Waals surface area contributed by atoms with E-state index in [0.717, 1.165) is 12.8 Å². The molecule has 0 aliphatic heterocycles. The van der Waals surface area contributed by atoms with E-state index in [0.29, 0.717) is 11.7 Å². The van der Waals surface area contributed by atoms with Gasteiger partial charge in [-0.15, -0.1) is 0 Å². The predicted octanol–water partition coefficient (Wildman–Crippen LogP) is 1.93. The van der Waals surface area contributed by atoms with E-state index in [9.17, 15) is 4.79 Å². The van der Waals surface area contributed by atoms with Crippen LogP contribution in [-0.4, -0.2) is 5.78 Å². The maximum atomic E-state index is 10.7. The van der Waals surface area contributed by atoms with Crippen LogP contribution in [-0.2, 0) is 4.79 Å². The zero-order valence-electron chi connectivity index (χ0n) is 5.98. The van der Waals surface area contributed by atoms with E-state index >= 15 is 0 Å². The Morgan fingerprint density at radius 1 is 1.67 bits per heavy atom. The Kier molecular flexibility index (Phi) is 1.70. The van der Waals surface area contributed by atoms with Gasteiger partial charge in [-0.3, -0.25) is 4.79 Å². The van der Waals surface area contributed by atoms with Gasteiger partial charge >= 0.3 is 0 Å². The van der Waals surface area contributed by atoms with Crippen molar-refractivity contribution in [3.8, 4) is 0 Å². The number of allylic oxidation sites excluding steroid dienone is 2. The van der Waals surface area contributed by atoms with Crippen molar-refractivity contribution in [2.75, 3.05) is 0 Å². The lowest BCUT2D eigenvalue weighted by molar-refractivity contribution is -0.115. The van der Waals surface area contributed by atoms with Gasteiger partial charge < -0.3 is 0 Å². The highest BCUT2D eigenvalue weighted by Crippen LogP contribution is 2.20. The molecule has 1 nitrogen and oxygen atoms in total. The van der Waals surface area contributed by atoms with Crippen LogP contribution in [0.2, 0.25) is 0 Å². The first kappa shape index (κ1) is 6.53. The fourth-order valence-corrected chi connectivity index (χ4v) is 1.05. The minimum absolute atomic E-state index is 0.297. The van der Waals surface area contributed by atoms with Crippen LogP contribution in [0.4, 0.5) is 0 Å². The zero-order chi connectivity index (χ0) is 6.85. The second kappa shape index (κ2) is 2.34. The van der Waals surface area contributed by atoms with Gasteiger partial charge in [0.25, 0.3) is 0 Å². The predicted molar refractivity (Wildman–Crippen MR) is 37.2 cm³/mol. The molecule has 0 aromatic carbocycles. The molecule has 0 amide bonds. The van der Waals surface area contributed by atoms with Crippen molar-refractivity contribution in [3.05, 3.63) is 11.6 Å². The number of rotatable bonds is 0. The van der Waals surface area contributed by atoms with E-state index < -0.39 is 0 Å². The highest BCUT2D eigenvalue weighted by atomic mass is 16.1. The van der Waals surface area contributed by atoms with Crippen LogP contribution >= 0.6 is 0 Å². The molecule has 0 bridgehead atoms. The van der Waals surface area contributed by atoms with E-state index in [1.54, 1.807) is 6.08 Å². The Morgan fingerprint density at radius 2 is 2.33 bits per heavy atom. The van der Waals surface area contributed by atoms with Crippen LogP contribution in [0.5, 0.6) is 0 Å². The van der Waals surface area contributed by atoms with Crippen molar-refractivity contribution < 1.29 is 4.79 Å². The molecule has 0 aromatic rings. The largest absolute Gasteiger partial charge is 0.295 e. The van der Waals surface area contributed by atoms with Crippen molar-refractivity contribution in [3.63, 3.8) is 0 Å². The molecular formula is C8H12O. The van der Waals surface area contributed by atoms with Crippen LogP contribution in [0, 0.1) is 5.92 Å². The number of hydrogen-bond donors (Lipinski definition) is 0. The maximum Gasteiger partial charge on any atom is 0.155 e. The molecule has 0 spiro atoms. The molecule has 0 saturated carbocycles. The van der Waals surface area contributed by atoms with Gasteiger partial charge in [-0.2, -0.15) is 0 Å². The van der Waals surface area contributed by atoms with Gasteiger partial charge in [-0.25, -0.2) is 0 Å². The fourth-order valence-electron chi connectivity index (χ4n) is 1.05. The van der Waals surface area contributed by atoms with Crippen molar-refractivity contribution in [1.29, 1.82) is 0 Å². The highest BCUT2D eigenvalue weighted by Gasteiger charge is 2.12. The molecule has 0 aromatic heterocycles. The molecule has 1 aliphatic rings. The third kappa shape index (κ3) is 1.41. The standard InChI is InChI=1S/C8H12O/c1-6-3-4-8(9)5-7(6)2/h5-6H,3-4H2,1-2H3/t6-/m1/s1. The monoisotopic (exact) mass is 124 g/mol. The number of hydrogen-bond acceptors (Lipinski definition) is 1. The molecule has 9 heavy (non-hydrogen) atoms. The normalized spacial score (nSPS) is 28.0. The van der Waals surface area contributed by atoms with Crippen LogP contribution in [0.25, 0.3) is 0 Å². The van der Waals surface area contributed by atoms with Gasteiger partial charge in [-0.05, 0) is 25.3 Å². The van der Waals surface area contributed by atoms with Gasteiger partial charge in [-0.1, -0.05) is 12.5 Å². The molecule has 0 N–H and O–H groups in total. The molecule has 1 atom stereocenters. The second-order valence-corrected chi connectivity index (χ2v) is 2.79. The SMILES string of the molecule is CC1=CC(=O)CC[C@H]1C. The van der Waals surface area contributed by atoms with E-state index in [4.69, 9.17) is 0 Å². The lowest BCUT2D eigenvalue weighted by Gasteiger charge is -2.15. The Hall–Kier alpha value is -0.590. The third-order valence-corrected chi connectivity index (χ3v) is 1.99. The minimum atomic E-state index is 0.297. The molecule has 1 rings (SSSR count). The summed E-state index contributed by atoms with van der Waals surface area (Å²) in [4.78, 5) is 10.7. The topological polar surface area (TPSA) is 17.1 Å². The smallest absolute Gasteiger partial charge is 0.155 e. The Bertz CT molecular complexity index is 156. The summed E-state index contributed by atoms with van der Waals surface area (Å²) in [5.74, 6) is 0.924. The summed E-state index contributed by atoms with van der Waals surface area (Å²) in [5, 5.41) is 0. The van der Waals surface area contributed by atoms with Crippen molar-refractivity contribution in [2.24, 2.45) is 5.92 Å². The van der Waals surface area contributed by atoms with Crippen molar-refractivity contribution in [1.82, 2.24) is 0 Å². The lowest BCUT2D eigenvalue weighted by atomic mass is 9.90. The Labute approximate surface area is 55.8 Å². The van der Waals surface area contributed by atoms with Gasteiger partial charge in [0.1, 0.15) is 0 Å². The first-order chi connectivity index (χ1) is 4.20. The first-order valence-electron chi connectivity index (χ1n) is 3.41. The molecule has 0 heterocycles. The molecule has 0 fully saturated rings. The van der Waals surface area contributed by atoms with Crippen LogP contribution in [0.15, 0.2) is 11.6 Å². The minimum Gasteiger partial charge on any atom is -0.295 e. The second-order valence-electron chi connectivity index (χ2n) is 2.79. The van der Waals surface area contributed by atoms with Crippen molar-refractivity contribution >= 4 is 5.78 Å². The van der Waals surface area contributed by atoms with E-state index in [-0.39, 0.29) is 0 Å².